The molecule has 2 amide bonds. The highest BCUT2D eigenvalue weighted by atomic mass is 35.5. The Morgan fingerprint density at radius 2 is 1.47 bits per heavy atom. The molecule has 8 nitrogen and oxygen atoms in total. The maximum Gasteiger partial charge on any atom is 0.263 e. The molecule has 0 saturated carbocycles. The lowest BCUT2D eigenvalue weighted by Gasteiger charge is -2.50. The number of allylic oxidation sites excluding steroid dienone is 1. The van der Waals surface area contributed by atoms with Gasteiger partial charge in [-0.2, -0.15) is 0 Å². The van der Waals surface area contributed by atoms with Gasteiger partial charge in [-0.05, 0) is 18.4 Å². The molecule has 2 saturated heterocycles. The second-order valence-electron chi connectivity index (χ2n) is 10.8. The van der Waals surface area contributed by atoms with Gasteiger partial charge in [-0.1, -0.05) is 113 Å². The number of amides is 2. The van der Waals surface area contributed by atoms with Crippen LogP contribution in [-0.2, 0) is 30.3 Å². The molecule has 236 valence electrons. The van der Waals surface area contributed by atoms with Crippen molar-refractivity contribution in [3.8, 4) is 0 Å². The van der Waals surface area contributed by atoms with Crippen LogP contribution in [0.25, 0.3) is 0 Å². The summed E-state index contributed by atoms with van der Waals surface area (Å²) in [6.07, 6.45) is -1.08. The summed E-state index contributed by atoms with van der Waals surface area (Å²) in [6.45, 7) is 4.32. The summed E-state index contributed by atoms with van der Waals surface area (Å²) >= 11 is 25.6. The monoisotopic (exact) mass is 691 g/mol. The van der Waals surface area contributed by atoms with E-state index < -0.39 is 48.7 Å². The lowest BCUT2D eigenvalue weighted by atomic mass is 9.94. The standard InChI is InChI=1S/C33H29Cl4NO7/c1-2-3-10-15-41-33-27(38-30(39)21-22(31(38)40)24(35)26(37)25(36)23(21)34)29(42-16-18-11-6-4-7-12-18)28-20(44-33)17-43-32(45-28)19-13-8-5-9-14-19/h2,4-9,11-14,20,27-29,32-33H,1,3,10,15-17H2/t20-,27-,28-,29-,32?,33-/m1/s1. The number of nitrogens with zero attached hydrogens (tertiary/aromatic N) is 1. The molecule has 0 aliphatic carbocycles. The van der Waals surface area contributed by atoms with Gasteiger partial charge in [0.2, 0.25) is 0 Å². The topological polar surface area (TPSA) is 83.5 Å². The van der Waals surface area contributed by atoms with E-state index in [1.165, 1.54) is 0 Å². The van der Waals surface area contributed by atoms with E-state index in [-0.39, 0.29) is 51.0 Å². The molecule has 0 bridgehead atoms. The number of imide groups is 1. The molecular weight excluding hydrogens is 664 g/mol. The zero-order chi connectivity index (χ0) is 31.7. The molecule has 0 N–H and O–H groups in total. The first-order chi connectivity index (χ1) is 21.8. The van der Waals surface area contributed by atoms with Crippen LogP contribution >= 0.6 is 46.4 Å². The highest BCUT2D eigenvalue weighted by molar-refractivity contribution is 6.55. The van der Waals surface area contributed by atoms with Gasteiger partial charge in [-0.25, -0.2) is 0 Å². The number of benzene rings is 3. The fraction of sp³-hybridized carbons (Fsp3) is 0.333. The molecule has 3 heterocycles. The van der Waals surface area contributed by atoms with Gasteiger partial charge in [0.1, 0.15) is 24.4 Å². The fourth-order valence-electron chi connectivity index (χ4n) is 5.77. The van der Waals surface area contributed by atoms with Gasteiger partial charge in [0.15, 0.2) is 12.6 Å². The molecule has 0 radical (unpaired) electrons. The van der Waals surface area contributed by atoms with Crippen molar-refractivity contribution in [1.29, 1.82) is 0 Å². The lowest BCUT2D eigenvalue weighted by molar-refractivity contribution is -0.354. The third kappa shape index (κ3) is 6.29. The highest BCUT2D eigenvalue weighted by Crippen LogP contribution is 2.47. The number of hydrogen-bond acceptors (Lipinski definition) is 7. The van der Waals surface area contributed by atoms with E-state index in [1.807, 2.05) is 60.7 Å². The number of unbranched alkanes of at least 4 members (excludes halogenated alkanes) is 1. The Morgan fingerprint density at radius 3 is 2.09 bits per heavy atom. The van der Waals surface area contributed by atoms with Crippen LogP contribution in [0, 0.1) is 0 Å². The predicted molar refractivity (Wildman–Crippen MR) is 170 cm³/mol. The van der Waals surface area contributed by atoms with Crippen LogP contribution in [0.15, 0.2) is 73.3 Å². The summed E-state index contributed by atoms with van der Waals surface area (Å²) in [6, 6.07) is 17.8. The summed E-state index contributed by atoms with van der Waals surface area (Å²) in [5.41, 5.74) is 1.37. The van der Waals surface area contributed by atoms with Crippen molar-refractivity contribution < 1.29 is 33.3 Å². The Morgan fingerprint density at radius 1 is 0.844 bits per heavy atom. The average Bonchev–Trinajstić information content (AvgIpc) is 3.33. The third-order valence-corrected chi connectivity index (χ3v) is 9.73. The second-order valence-corrected chi connectivity index (χ2v) is 12.3. The molecule has 3 aromatic rings. The highest BCUT2D eigenvalue weighted by Gasteiger charge is 2.58. The number of halogens is 4. The van der Waals surface area contributed by atoms with Crippen LogP contribution in [0.1, 0.15) is 51.0 Å². The second kappa shape index (κ2) is 14.1. The van der Waals surface area contributed by atoms with E-state index in [4.69, 9.17) is 70.1 Å². The predicted octanol–water partition coefficient (Wildman–Crippen LogP) is 7.67. The smallest absolute Gasteiger partial charge is 0.263 e. The van der Waals surface area contributed by atoms with Crippen LogP contribution in [-0.4, -0.2) is 60.6 Å². The first kappa shape index (κ1) is 32.4. The molecule has 1 unspecified atom stereocenters. The van der Waals surface area contributed by atoms with Crippen molar-refractivity contribution in [2.24, 2.45) is 0 Å². The van der Waals surface area contributed by atoms with Crippen LogP contribution in [0.3, 0.4) is 0 Å². The number of carbonyl (C=O) groups is 2. The van der Waals surface area contributed by atoms with Crippen molar-refractivity contribution >= 4 is 58.2 Å². The number of ether oxygens (including phenoxy) is 5. The molecule has 45 heavy (non-hydrogen) atoms. The Hall–Kier alpha value is -2.50. The minimum atomic E-state index is -1.12. The first-order valence-corrected chi connectivity index (χ1v) is 15.9. The maximum atomic E-state index is 14.1. The Bertz CT molecular complexity index is 1530. The molecular formula is C33H29Cl4NO7. The summed E-state index contributed by atoms with van der Waals surface area (Å²) < 4.78 is 31.8. The molecule has 6 atom stereocenters. The number of hydrogen-bond donors (Lipinski definition) is 0. The van der Waals surface area contributed by atoms with Crippen LogP contribution in [0.4, 0.5) is 0 Å². The van der Waals surface area contributed by atoms with Gasteiger partial charge in [0.25, 0.3) is 11.8 Å². The molecule has 3 aliphatic rings. The quantitative estimate of drug-likeness (QED) is 0.0709. The van der Waals surface area contributed by atoms with E-state index in [0.29, 0.717) is 12.8 Å². The number of carbonyl (C=O) groups excluding carboxylic acids is 2. The van der Waals surface area contributed by atoms with Crippen molar-refractivity contribution in [2.75, 3.05) is 13.2 Å². The fourth-order valence-corrected chi connectivity index (χ4v) is 6.78. The van der Waals surface area contributed by atoms with E-state index in [1.54, 1.807) is 6.08 Å². The number of fused-ring (bicyclic) bond motifs is 2. The minimum absolute atomic E-state index is 0.127. The zero-order valence-corrected chi connectivity index (χ0v) is 26.9. The van der Waals surface area contributed by atoms with Crippen molar-refractivity contribution in [3.05, 3.63) is 116 Å². The van der Waals surface area contributed by atoms with Gasteiger partial charge in [-0.3, -0.25) is 14.5 Å². The zero-order valence-electron chi connectivity index (χ0n) is 23.9. The van der Waals surface area contributed by atoms with Crippen LogP contribution in [0.5, 0.6) is 0 Å². The molecule has 3 aliphatic heterocycles. The van der Waals surface area contributed by atoms with Crippen LogP contribution < -0.4 is 0 Å². The van der Waals surface area contributed by atoms with Crippen molar-refractivity contribution in [1.82, 2.24) is 4.90 Å². The maximum absolute atomic E-state index is 14.1. The molecule has 0 aromatic heterocycles. The normalized spacial score (nSPS) is 26.1. The van der Waals surface area contributed by atoms with E-state index in [2.05, 4.69) is 6.58 Å². The Labute approximate surface area is 280 Å². The van der Waals surface area contributed by atoms with Crippen molar-refractivity contribution in [2.45, 2.75) is 56.4 Å². The van der Waals surface area contributed by atoms with Gasteiger partial charge in [-0.15, -0.1) is 6.58 Å². The third-order valence-electron chi connectivity index (χ3n) is 7.93. The molecule has 2 fully saturated rings. The molecule has 0 spiro atoms. The molecule has 6 rings (SSSR count). The van der Waals surface area contributed by atoms with Crippen LogP contribution in [0.2, 0.25) is 20.1 Å². The van der Waals surface area contributed by atoms with Crippen molar-refractivity contribution in [3.63, 3.8) is 0 Å². The molecule has 3 aromatic carbocycles. The SMILES string of the molecule is C=CCCCO[C@@H]1O[C@@H]2COC(c3ccccc3)O[C@H]2[C@H](OCc2ccccc2)[C@H]1N1C(=O)c2c(Cl)c(Cl)c(Cl)c(Cl)c2C1=O. The summed E-state index contributed by atoms with van der Waals surface area (Å²) in [5.74, 6) is -1.46. The van der Waals surface area contributed by atoms with Gasteiger partial charge < -0.3 is 23.7 Å². The largest absolute Gasteiger partial charge is 0.368 e. The summed E-state index contributed by atoms with van der Waals surface area (Å²) in [7, 11) is 0. The lowest BCUT2D eigenvalue weighted by Crippen LogP contribution is -2.68. The van der Waals surface area contributed by atoms with Gasteiger partial charge in [0, 0.05) is 5.56 Å². The minimum Gasteiger partial charge on any atom is -0.368 e. The Balaban J connectivity index is 1.42. The van der Waals surface area contributed by atoms with Gasteiger partial charge in [0.05, 0.1) is 51.0 Å². The summed E-state index contributed by atoms with van der Waals surface area (Å²) in [5, 5.41) is -0.600. The number of rotatable bonds is 10. The Kier molecular flexibility index (Phi) is 10.2. The summed E-state index contributed by atoms with van der Waals surface area (Å²) in [4.78, 5) is 29.3. The average molecular weight is 693 g/mol. The van der Waals surface area contributed by atoms with E-state index in [0.717, 1.165) is 16.0 Å². The van der Waals surface area contributed by atoms with E-state index >= 15 is 0 Å². The van der Waals surface area contributed by atoms with Gasteiger partial charge >= 0.3 is 0 Å². The van der Waals surface area contributed by atoms with E-state index in [9.17, 15) is 9.59 Å². The molecule has 12 heteroatoms. The first-order valence-electron chi connectivity index (χ1n) is 14.4.